The van der Waals surface area contributed by atoms with Gasteiger partial charge in [0, 0.05) is 5.92 Å². The van der Waals surface area contributed by atoms with E-state index in [0.29, 0.717) is 12.5 Å². The standard InChI is InChI=1S/C40H64O3Si2/c1-13-14-16-23-34(42-44(9,10)39(3,4)5)25-26-36-37(31(2)27-38(36)43-45(11,12)40(6,7)8)29-33-22-19-24-35(28-33)41-30-32-20-17-15-18-21-32/h15,17-22,24-26,28,34,36-38H,2,13-14,16,23,27,29-30H2,1,3-12H3/b26-25+/t34-,36+,37-,38+/m0/s1. The van der Waals surface area contributed by atoms with Gasteiger partial charge in [-0.1, -0.05) is 134 Å². The third-order valence-electron chi connectivity index (χ3n) is 10.6. The van der Waals surface area contributed by atoms with Gasteiger partial charge in [0.15, 0.2) is 16.6 Å². The minimum absolute atomic E-state index is 0.134. The van der Waals surface area contributed by atoms with Gasteiger partial charge in [-0.15, -0.1) is 0 Å². The Morgan fingerprint density at radius 1 is 0.867 bits per heavy atom. The van der Waals surface area contributed by atoms with Gasteiger partial charge in [-0.3, -0.25) is 0 Å². The number of ether oxygens (including phenoxy) is 1. The molecule has 3 nitrogen and oxygen atoms in total. The molecule has 2 aromatic carbocycles. The van der Waals surface area contributed by atoms with Crippen molar-refractivity contribution in [3.63, 3.8) is 0 Å². The molecule has 0 spiro atoms. The Bertz CT molecular complexity index is 1240. The summed E-state index contributed by atoms with van der Waals surface area (Å²) >= 11 is 0. The molecular weight excluding hydrogens is 585 g/mol. The Hall–Kier alpha value is -1.93. The first-order valence-electron chi connectivity index (χ1n) is 17.4. The maximum Gasteiger partial charge on any atom is 0.192 e. The maximum absolute atomic E-state index is 7.18. The average Bonchev–Trinajstić information content (AvgIpc) is 3.22. The molecule has 250 valence electrons. The van der Waals surface area contributed by atoms with Gasteiger partial charge in [-0.05, 0) is 84.7 Å². The molecule has 45 heavy (non-hydrogen) atoms. The van der Waals surface area contributed by atoms with Crippen molar-refractivity contribution in [3.05, 3.63) is 90.0 Å². The summed E-state index contributed by atoms with van der Waals surface area (Å²) in [6.45, 7) is 31.0. The molecule has 0 radical (unpaired) electrons. The van der Waals surface area contributed by atoms with E-state index in [1.807, 2.05) is 6.07 Å². The van der Waals surface area contributed by atoms with Crippen molar-refractivity contribution in [2.24, 2.45) is 11.8 Å². The highest BCUT2D eigenvalue weighted by molar-refractivity contribution is 6.74. The molecule has 1 aliphatic carbocycles. The number of benzene rings is 2. The number of hydrogen-bond acceptors (Lipinski definition) is 3. The monoisotopic (exact) mass is 648 g/mol. The van der Waals surface area contributed by atoms with E-state index in [1.165, 1.54) is 36.0 Å². The van der Waals surface area contributed by atoms with Crippen LogP contribution in [0, 0.1) is 11.8 Å². The lowest BCUT2D eigenvalue weighted by Gasteiger charge is -2.40. The molecule has 0 amide bonds. The van der Waals surface area contributed by atoms with Crippen molar-refractivity contribution in [2.75, 3.05) is 0 Å². The van der Waals surface area contributed by atoms with Crippen LogP contribution < -0.4 is 4.74 Å². The van der Waals surface area contributed by atoms with Gasteiger partial charge in [-0.25, -0.2) is 0 Å². The first-order valence-corrected chi connectivity index (χ1v) is 23.2. The predicted octanol–water partition coefficient (Wildman–Crippen LogP) is 11.9. The molecule has 5 heteroatoms. The lowest BCUT2D eigenvalue weighted by atomic mass is 9.86. The van der Waals surface area contributed by atoms with Crippen molar-refractivity contribution in [3.8, 4) is 5.75 Å². The lowest BCUT2D eigenvalue weighted by Crippen LogP contribution is -2.45. The van der Waals surface area contributed by atoms with Crippen molar-refractivity contribution >= 4 is 16.6 Å². The fourth-order valence-electron chi connectivity index (χ4n) is 5.65. The van der Waals surface area contributed by atoms with Crippen LogP contribution in [0.3, 0.4) is 0 Å². The number of unbranched alkanes of at least 4 members (excludes halogenated alkanes) is 2. The van der Waals surface area contributed by atoms with Crippen LogP contribution >= 0.6 is 0 Å². The Kier molecular flexibility index (Phi) is 13.2. The van der Waals surface area contributed by atoms with Crippen molar-refractivity contribution < 1.29 is 13.6 Å². The van der Waals surface area contributed by atoms with Crippen molar-refractivity contribution in [2.45, 2.75) is 142 Å². The van der Waals surface area contributed by atoms with Crippen molar-refractivity contribution in [1.82, 2.24) is 0 Å². The highest BCUT2D eigenvalue weighted by Gasteiger charge is 2.45. The van der Waals surface area contributed by atoms with E-state index in [0.717, 1.165) is 25.0 Å². The van der Waals surface area contributed by atoms with Gasteiger partial charge >= 0.3 is 0 Å². The van der Waals surface area contributed by atoms with Crippen LogP contribution in [0.15, 0.2) is 78.9 Å². The summed E-state index contributed by atoms with van der Waals surface area (Å²) in [5.74, 6) is 1.49. The highest BCUT2D eigenvalue weighted by atomic mass is 28.4. The molecule has 0 aromatic heterocycles. The first-order chi connectivity index (χ1) is 20.9. The predicted molar refractivity (Wildman–Crippen MR) is 199 cm³/mol. The van der Waals surface area contributed by atoms with Crippen molar-refractivity contribution in [1.29, 1.82) is 0 Å². The van der Waals surface area contributed by atoms with Gasteiger partial charge in [0.1, 0.15) is 12.4 Å². The smallest absolute Gasteiger partial charge is 0.192 e. The fourth-order valence-corrected chi connectivity index (χ4v) is 8.30. The van der Waals surface area contributed by atoms with Gasteiger partial charge in [0.25, 0.3) is 0 Å². The molecule has 0 bridgehead atoms. The second kappa shape index (κ2) is 15.8. The van der Waals surface area contributed by atoms with Crippen LogP contribution in [0.5, 0.6) is 5.75 Å². The summed E-state index contributed by atoms with van der Waals surface area (Å²) in [7, 11) is -3.90. The molecule has 2 aromatic rings. The second-order valence-electron chi connectivity index (χ2n) is 16.4. The molecule has 1 aliphatic rings. The SMILES string of the molecule is C=C1C[C@@H](O[Si](C)(C)C(C)(C)C)[C@H](/C=C/[C@H](CCCCC)O[Si](C)(C)C(C)(C)C)[C@H]1Cc1cccc(OCc2ccccc2)c1. The summed E-state index contributed by atoms with van der Waals surface area (Å²) in [6, 6.07) is 19.0. The van der Waals surface area contributed by atoms with Crippen LogP contribution in [0.25, 0.3) is 0 Å². The third-order valence-corrected chi connectivity index (χ3v) is 19.6. The summed E-state index contributed by atoms with van der Waals surface area (Å²) in [5, 5.41) is 0.328. The van der Waals surface area contributed by atoms with E-state index >= 15 is 0 Å². The van der Waals surface area contributed by atoms with Gasteiger partial charge < -0.3 is 13.6 Å². The highest BCUT2D eigenvalue weighted by Crippen LogP contribution is 2.46. The molecule has 3 rings (SSSR count). The lowest BCUT2D eigenvalue weighted by molar-refractivity contribution is 0.147. The molecule has 0 unspecified atom stereocenters. The van der Waals surface area contributed by atoms with E-state index < -0.39 is 16.6 Å². The minimum Gasteiger partial charge on any atom is -0.489 e. The van der Waals surface area contributed by atoms with Crippen LogP contribution in [-0.4, -0.2) is 28.8 Å². The Morgan fingerprint density at radius 3 is 2.13 bits per heavy atom. The second-order valence-corrected chi connectivity index (χ2v) is 25.9. The van der Waals surface area contributed by atoms with E-state index in [9.17, 15) is 0 Å². The zero-order valence-electron chi connectivity index (χ0n) is 30.5. The zero-order valence-corrected chi connectivity index (χ0v) is 32.5. The summed E-state index contributed by atoms with van der Waals surface area (Å²) in [4.78, 5) is 0. The van der Waals surface area contributed by atoms with Crippen LogP contribution in [0.1, 0.15) is 91.7 Å². The number of rotatable bonds is 15. The first kappa shape index (κ1) is 37.5. The molecule has 0 saturated heterocycles. The normalized spacial score (nSPS) is 20.6. The maximum atomic E-state index is 7.18. The topological polar surface area (TPSA) is 27.7 Å². The van der Waals surface area contributed by atoms with Gasteiger partial charge in [-0.2, -0.15) is 0 Å². The fraction of sp³-hybridized carbons (Fsp3) is 0.600. The van der Waals surface area contributed by atoms with Crippen LogP contribution in [0.2, 0.25) is 36.3 Å². The zero-order chi connectivity index (χ0) is 33.5. The van der Waals surface area contributed by atoms with Gasteiger partial charge in [0.2, 0.25) is 0 Å². The van der Waals surface area contributed by atoms with E-state index in [-0.39, 0.29) is 28.2 Å². The summed E-state index contributed by atoms with van der Waals surface area (Å²) < 4.78 is 20.4. The molecule has 4 atom stereocenters. The Labute approximate surface area is 279 Å². The molecule has 1 saturated carbocycles. The minimum atomic E-state index is -1.98. The van der Waals surface area contributed by atoms with E-state index in [1.54, 1.807) is 0 Å². The molecule has 0 N–H and O–H groups in total. The Morgan fingerprint density at radius 2 is 1.51 bits per heavy atom. The molecular formula is C40H64O3Si2. The summed E-state index contributed by atoms with van der Waals surface area (Å²) in [6.07, 6.45) is 11.7. The van der Waals surface area contributed by atoms with Crippen LogP contribution in [0.4, 0.5) is 0 Å². The van der Waals surface area contributed by atoms with Gasteiger partial charge in [0.05, 0.1) is 12.2 Å². The quantitative estimate of drug-likeness (QED) is 0.109. The number of hydrogen-bond donors (Lipinski definition) is 0. The third kappa shape index (κ3) is 10.8. The largest absolute Gasteiger partial charge is 0.489 e. The van der Waals surface area contributed by atoms with Crippen LogP contribution in [-0.2, 0) is 21.9 Å². The summed E-state index contributed by atoms with van der Waals surface area (Å²) in [5.41, 5.74) is 3.77. The average molecular weight is 649 g/mol. The Balaban J connectivity index is 1.89. The molecule has 1 fully saturated rings. The van der Waals surface area contributed by atoms with E-state index in [2.05, 4.69) is 142 Å². The molecule has 0 heterocycles. The molecule has 0 aliphatic heterocycles. The van der Waals surface area contributed by atoms with E-state index in [4.69, 9.17) is 13.6 Å².